The molecule has 4 nitrogen and oxygen atoms in total. The van der Waals surface area contributed by atoms with Crippen LogP contribution in [0.2, 0.25) is 0 Å². The van der Waals surface area contributed by atoms with Crippen LogP contribution in [0.1, 0.15) is 24.0 Å². The first-order valence-electron chi connectivity index (χ1n) is 5.40. The van der Waals surface area contributed by atoms with Crippen LogP contribution >= 0.6 is 0 Å². The van der Waals surface area contributed by atoms with Crippen molar-refractivity contribution in [3.8, 4) is 6.07 Å². The summed E-state index contributed by atoms with van der Waals surface area (Å²) in [7, 11) is 0. The highest BCUT2D eigenvalue weighted by Crippen LogP contribution is 2.33. The SMILES string of the molecule is N#Cc1ccc(NC(=O)CCCO)cc1C(F)(F)F. The minimum atomic E-state index is -4.66. The molecule has 1 amide bonds. The number of amides is 1. The number of carbonyl (C=O) groups is 1. The summed E-state index contributed by atoms with van der Waals surface area (Å²) < 4.78 is 38.0. The van der Waals surface area contributed by atoms with E-state index in [1.54, 1.807) is 0 Å². The molecule has 0 atom stereocenters. The summed E-state index contributed by atoms with van der Waals surface area (Å²) >= 11 is 0. The van der Waals surface area contributed by atoms with Gasteiger partial charge in [0, 0.05) is 18.7 Å². The fourth-order valence-electron chi connectivity index (χ4n) is 1.42. The molecule has 0 aromatic heterocycles. The van der Waals surface area contributed by atoms with Crippen molar-refractivity contribution in [1.29, 1.82) is 5.26 Å². The van der Waals surface area contributed by atoms with Crippen molar-refractivity contribution in [2.75, 3.05) is 11.9 Å². The van der Waals surface area contributed by atoms with Crippen molar-refractivity contribution in [2.24, 2.45) is 0 Å². The van der Waals surface area contributed by atoms with E-state index in [1.807, 2.05) is 0 Å². The fourth-order valence-corrected chi connectivity index (χ4v) is 1.42. The Balaban J connectivity index is 2.94. The highest BCUT2D eigenvalue weighted by molar-refractivity contribution is 5.90. The molecule has 0 saturated carbocycles. The largest absolute Gasteiger partial charge is 0.417 e. The molecule has 0 fully saturated rings. The molecular weight excluding hydrogens is 261 g/mol. The van der Waals surface area contributed by atoms with E-state index in [0.29, 0.717) is 0 Å². The average Bonchev–Trinajstić information content (AvgIpc) is 2.35. The maximum atomic E-state index is 12.7. The van der Waals surface area contributed by atoms with Gasteiger partial charge in [-0.15, -0.1) is 0 Å². The molecule has 1 aromatic carbocycles. The minimum Gasteiger partial charge on any atom is -0.396 e. The summed E-state index contributed by atoms with van der Waals surface area (Å²) in [5, 5.41) is 19.4. The summed E-state index contributed by atoms with van der Waals surface area (Å²) in [5.41, 5.74) is -1.62. The number of anilines is 1. The van der Waals surface area contributed by atoms with E-state index in [0.717, 1.165) is 12.1 Å². The number of hydrogen-bond donors (Lipinski definition) is 2. The zero-order valence-corrected chi connectivity index (χ0v) is 9.79. The zero-order valence-electron chi connectivity index (χ0n) is 9.79. The van der Waals surface area contributed by atoms with Crippen molar-refractivity contribution in [2.45, 2.75) is 19.0 Å². The molecule has 0 aliphatic heterocycles. The van der Waals surface area contributed by atoms with E-state index < -0.39 is 23.2 Å². The normalized spacial score (nSPS) is 10.9. The van der Waals surface area contributed by atoms with Crippen LogP contribution in [-0.4, -0.2) is 17.6 Å². The van der Waals surface area contributed by atoms with E-state index in [9.17, 15) is 18.0 Å². The lowest BCUT2D eigenvalue weighted by atomic mass is 10.1. The van der Waals surface area contributed by atoms with Crippen LogP contribution in [0.3, 0.4) is 0 Å². The van der Waals surface area contributed by atoms with Crippen LogP contribution in [0.25, 0.3) is 0 Å². The van der Waals surface area contributed by atoms with E-state index in [-0.39, 0.29) is 25.1 Å². The van der Waals surface area contributed by atoms with Crippen LogP contribution in [0.4, 0.5) is 18.9 Å². The maximum Gasteiger partial charge on any atom is 0.417 e. The number of aliphatic hydroxyl groups excluding tert-OH is 1. The van der Waals surface area contributed by atoms with Gasteiger partial charge in [-0.1, -0.05) is 0 Å². The van der Waals surface area contributed by atoms with Crippen LogP contribution in [0.5, 0.6) is 0 Å². The number of nitrogens with one attached hydrogen (secondary N) is 1. The Kier molecular flexibility index (Phi) is 4.89. The molecule has 7 heteroatoms. The molecule has 0 spiro atoms. The van der Waals surface area contributed by atoms with Gasteiger partial charge in [0.1, 0.15) is 0 Å². The molecule has 0 heterocycles. The Morgan fingerprint density at radius 3 is 2.63 bits per heavy atom. The number of carbonyl (C=O) groups excluding carboxylic acids is 1. The lowest BCUT2D eigenvalue weighted by molar-refractivity contribution is -0.137. The van der Waals surface area contributed by atoms with Gasteiger partial charge in [0.05, 0.1) is 17.2 Å². The zero-order chi connectivity index (χ0) is 14.5. The summed E-state index contributed by atoms with van der Waals surface area (Å²) in [6.07, 6.45) is -4.41. The summed E-state index contributed by atoms with van der Waals surface area (Å²) in [6.45, 7) is -0.172. The second-order valence-corrected chi connectivity index (χ2v) is 3.75. The molecule has 1 aromatic rings. The Morgan fingerprint density at radius 2 is 2.11 bits per heavy atom. The Hall–Kier alpha value is -2.07. The van der Waals surface area contributed by atoms with Gasteiger partial charge in [-0.25, -0.2) is 0 Å². The van der Waals surface area contributed by atoms with Gasteiger partial charge in [0.2, 0.25) is 5.91 Å². The minimum absolute atomic E-state index is 0.0118. The van der Waals surface area contributed by atoms with Gasteiger partial charge in [-0.3, -0.25) is 4.79 Å². The van der Waals surface area contributed by atoms with Crippen LogP contribution in [0.15, 0.2) is 18.2 Å². The quantitative estimate of drug-likeness (QED) is 0.883. The number of rotatable bonds is 4. The standard InChI is InChI=1S/C12H11F3N2O2/c13-12(14,15)10-6-9(4-3-8(10)7-16)17-11(19)2-1-5-18/h3-4,6,18H,1-2,5H2,(H,17,19). The van der Waals surface area contributed by atoms with Gasteiger partial charge >= 0.3 is 6.18 Å². The number of alkyl halides is 3. The molecule has 2 N–H and O–H groups in total. The van der Waals surface area contributed by atoms with Crippen LogP contribution in [-0.2, 0) is 11.0 Å². The first-order chi connectivity index (χ1) is 8.88. The molecule has 0 aliphatic carbocycles. The van der Waals surface area contributed by atoms with Crippen molar-refractivity contribution >= 4 is 11.6 Å². The van der Waals surface area contributed by atoms with Gasteiger partial charge in [-0.05, 0) is 24.6 Å². The topological polar surface area (TPSA) is 73.1 Å². The smallest absolute Gasteiger partial charge is 0.396 e. The molecule has 0 radical (unpaired) electrons. The van der Waals surface area contributed by atoms with E-state index in [4.69, 9.17) is 10.4 Å². The lowest BCUT2D eigenvalue weighted by Gasteiger charge is -2.11. The maximum absolute atomic E-state index is 12.7. The average molecular weight is 272 g/mol. The van der Waals surface area contributed by atoms with Gasteiger partial charge in [0.15, 0.2) is 0 Å². The monoisotopic (exact) mass is 272 g/mol. The summed E-state index contributed by atoms with van der Waals surface area (Å²) in [4.78, 5) is 11.3. The molecule has 0 unspecified atom stereocenters. The highest BCUT2D eigenvalue weighted by atomic mass is 19.4. The highest BCUT2D eigenvalue weighted by Gasteiger charge is 2.33. The fraction of sp³-hybridized carbons (Fsp3) is 0.333. The molecular formula is C12H11F3N2O2. The Morgan fingerprint density at radius 1 is 1.42 bits per heavy atom. The van der Waals surface area contributed by atoms with Gasteiger partial charge in [0.25, 0.3) is 0 Å². The van der Waals surface area contributed by atoms with Crippen LogP contribution < -0.4 is 5.32 Å². The molecule has 0 saturated heterocycles. The third-order valence-electron chi connectivity index (χ3n) is 2.29. The Bertz CT molecular complexity index is 507. The molecule has 0 aliphatic rings. The summed E-state index contributed by atoms with van der Waals surface area (Å²) in [5.74, 6) is -0.494. The predicted molar refractivity (Wildman–Crippen MR) is 61.1 cm³/mol. The third-order valence-corrected chi connectivity index (χ3v) is 2.29. The molecule has 1 rings (SSSR count). The van der Waals surface area contributed by atoms with Crippen LogP contribution in [0, 0.1) is 11.3 Å². The molecule has 0 bridgehead atoms. The predicted octanol–water partition coefficient (Wildman–Crippen LogP) is 2.29. The molecule has 102 valence electrons. The molecule has 19 heavy (non-hydrogen) atoms. The van der Waals surface area contributed by atoms with Crippen molar-refractivity contribution in [3.05, 3.63) is 29.3 Å². The Labute approximate surface area is 107 Å². The lowest BCUT2D eigenvalue weighted by Crippen LogP contribution is -2.14. The first kappa shape index (κ1) is 15.0. The van der Waals surface area contributed by atoms with Gasteiger partial charge < -0.3 is 10.4 Å². The van der Waals surface area contributed by atoms with E-state index in [2.05, 4.69) is 5.32 Å². The van der Waals surface area contributed by atoms with Crippen molar-refractivity contribution < 1.29 is 23.1 Å². The second-order valence-electron chi connectivity index (χ2n) is 3.75. The number of nitrogens with zero attached hydrogens (tertiary/aromatic N) is 1. The van der Waals surface area contributed by atoms with E-state index in [1.165, 1.54) is 12.1 Å². The third kappa shape index (κ3) is 4.26. The number of nitriles is 1. The second kappa shape index (κ2) is 6.20. The van der Waals surface area contributed by atoms with E-state index >= 15 is 0 Å². The number of halogens is 3. The first-order valence-corrected chi connectivity index (χ1v) is 5.40. The number of benzene rings is 1. The van der Waals surface area contributed by atoms with Gasteiger partial charge in [-0.2, -0.15) is 18.4 Å². The number of aliphatic hydroxyl groups is 1. The van der Waals surface area contributed by atoms with Crippen molar-refractivity contribution in [3.63, 3.8) is 0 Å². The summed E-state index contributed by atoms with van der Waals surface area (Å²) in [6, 6.07) is 4.40. The van der Waals surface area contributed by atoms with Crippen molar-refractivity contribution in [1.82, 2.24) is 0 Å². The number of hydrogen-bond acceptors (Lipinski definition) is 3.